The zero-order valence-electron chi connectivity index (χ0n) is 11.9. The Bertz CT molecular complexity index is 378. The number of hydrogen-bond donors (Lipinski definition) is 0. The normalized spacial score (nSPS) is 16.9. The van der Waals surface area contributed by atoms with Crippen molar-refractivity contribution in [3.8, 4) is 0 Å². The molecule has 1 heterocycles. The molecule has 1 aliphatic rings. The van der Waals surface area contributed by atoms with Crippen LogP contribution in [0.25, 0.3) is 0 Å². The van der Waals surface area contributed by atoms with Crippen LogP contribution in [0.15, 0.2) is 24.3 Å². The largest absolute Gasteiger partial charge is 0.378 e. The first-order valence-electron chi connectivity index (χ1n) is 7.13. The molecule has 1 aliphatic heterocycles. The molecule has 0 unspecified atom stereocenters. The number of hydrogen-bond acceptors (Lipinski definition) is 2. The van der Waals surface area contributed by atoms with Crippen molar-refractivity contribution < 1.29 is 4.74 Å². The Kier molecular flexibility index (Phi) is 4.28. The van der Waals surface area contributed by atoms with Crippen LogP contribution in [0.1, 0.15) is 39.2 Å². The lowest BCUT2D eigenvalue weighted by molar-refractivity contribution is 0.122. The van der Waals surface area contributed by atoms with E-state index in [0.29, 0.717) is 5.41 Å². The van der Waals surface area contributed by atoms with Crippen LogP contribution in [0.3, 0.4) is 0 Å². The predicted octanol–water partition coefficient (Wildman–Crippen LogP) is 3.60. The Morgan fingerprint density at radius 3 is 2.44 bits per heavy atom. The van der Waals surface area contributed by atoms with Crippen LogP contribution in [0.4, 0.5) is 5.69 Å². The van der Waals surface area contributed by atoms with Crippen LogP contribution >= 0.6 is 0 Å². The topological polar surface area (TPSA) is 12.5 Å². The zero-order valence-corrected chi connectivity index (χ0v) is 11.9. The summed E-state index contributed by atoms with van der Waals surface area (Å²) < 4.78 is 5.42. The molecule has 2 nitrogen and oxygen atoms in total. The molecular formula is C16H25NO. The fourth-order valence-electron chi connectivity index (χ4n) is 2.56. The van der Waals surface area contributed by atoms with Gasteiger partial charge in [0.15, 0.2) is 0 Å². The van der Waals surface area contributed by atoms with Gasteiger partial charge in [0.1, 0.15) is 0 Å². The summed E-state index contributed by atoms with van der Waals surface area (Å²) in [5.74, 6) is 0. The van der Waals surface area contributed by atoms with E-state index in [1.165, 1.54) is 24.1 Å². The van der Waals surface area contributed by atoms with Crippen molar-refractivity contribution in [2.45, 2.75) is 39.0 Å². The second-order valence-corrected chi connectivity index (χ2v) is 5.42. The van der Waals surface area contributed by atoms with Crippen molar-refractivity contribution in [2.75, 3.05) is 31.2 Å². The molecule has 2 rings (SSSR count). The first kappa shape index (κ1) is 13.4. The average molecular weight is 247 g/mol. The van der Waals surface area contributed by atoms with E-state index in [0.717, 1.165) is 26.3 Å². The summed E-state index contributed by atoms with van der Waals surface area (Å²) in [6, 6.07) is 9.07. The van der Waals surface area contributed by atoms with Crippen molar-refractivity contribution in [1.82, 2.24) is 0 Å². The molecule has 0 bridgehead atoms. The first-order chi connectivity index (χ1) is 8.69. The fraction of sp³-hybridized carbons (Fsp3) is 0.625. The van der Waals surface area contributed by atoms with Gasteiger partial charge >= 0.3 is 0 Å². The van der Waals surface area contributed by atoms with Crippen LogP contribution in [0.2, 0.25) is 0 Å². The summed E-state index contributed by atoms with van der Waals surface area (Å²) in [4.78, 5) is 2.43. The van der Waals surface area contributed by atoms with E-state index >= 15 is 0 Å². The minimum Gasteiger partial charge on any atom is -0.378 e. The zero-order chi connectivity index (χ0) is 13.0. The Hall–Kier alpha value is -1.02. The molecular weight excluding hydrogens is 222 g/mol. The highest BCUT2D eigenvalue weighted by atomic mass is 16.5. The second-order valence-electron chi connectivity index (χ2n) is 5.42. The first-order valence-corrected chi connectivity index (χ1v) is 7.13. The van der Waals surface area contributed by atoms with E-state index in [9.17, 15) is 0 Å². The molecule has 0 radical (unpaired) electrons. The third-order valence-electron chi connectivity index (χ3n) is 4.48. The molecule has 0 aliphatic carbocycles. The van der Waals surface area contributed by atoms with Crippen LogP contribution < -0.4 is 4.90 Å². The predicted molar refractivity (Wildman–Crippen MR) is 77.4 cm³/mol. The Balaban J connectivity index is 2.23. The summed E-state index contributed by atoms with van der Waals surface area (Å²) in [6.45, 7) is 10.7. The molecule has 18 heavy (non-hydrogen) atoms. The van der Waals surface area contributed by atoms with Gasteiger partial charge in [0.05, 0.1) is 13.2 Å². The smallest absolute Gasteiger partial charge is 0.0642 e. The Morgan fingerprint density at radius 2 is 1.83 bits per heavy atom. The standard InChI is InChI=1S/C16H25NO/c1-4-16(3,5-2)14-7-6-8-15(13-14)17-9-11-18-12-10-17/h6-8,13H,4-5,9-12H2,1-3H3. The maximum absolute atomic E-state index is 5.42. The number of nitrogens with zero attached hydrogens (tertiary/aromatic N) is 1. The summed E-state index contributed by atoms with van der Waals surface area (Å²) in [7, 11) is 0. The molecule has 0 spiro atoms. The van der Waals surface area contributed by atoms with Gasteiger partial charge in [0, 0.05) is 18.8 Å². The molecule has 1 saturated heterocycles. The van der Waals surface area contributed by atoms with E-state index in [1.807, 2.05) is 0 Å². The maximum atomic E-state index is 5.42. The summed E-state index contributed by atoms with van der Waals surface area (Å²) >= 11 is 0. The van der Waals surface area contributed by atoms with Gasteiger partial charge in [-0.1, -0.05) is 32.9 Å². The lowest BCUT2D eigenvalue weighted by atomic mass is 9.78. The number of benzene rings is 1. The highest BCUT2D eigenvalue weighted by Gasteiger charge is 2.23. The number of rotatable bonds is 4. The highest BCUT2D eigenvalue weighted by Crippen LogP contribution is 2.33. The van der Waals surface area contributed by atoms with Crippen LogP contribution in [-0.2, 0) is 10.2 Å². The van der Waals surface area contributed by atoms with Gasteiger partial charge in [-0.2, -0.15) is 0 Å². The lowest BCUT2D eigenvalue weighted by Gasteiger charge is -2.32. The van der Waals surface area contributed by atoms with Gasteiger partial charge in [-0.05, 0) is 36.0 Å². The molecule has 1 aromatic carbocycles. The monoisotopic (exact) mass is 247 g/mol. The van der Waals surface area contributed by atoms with Gasteiger partial charge in [-0.15, -0.1) is 0 Å². The van der Waals surface area contributed by atoms with E-state index in [2.05, 4.69) is 49.9 Å². The molecule has 0 aromatic heterocycles. The maximum Gasteiger partial charge on any atom is 0.0642 e. The van der Waals surface area contributed by atoms with Crippen LogP contribution in [0, 0.1) is 0 Å². The molecule has 2 heteroatoms. The molecule has 0 saturated carbocycles. The van der Waals surface area contributed by atoms with Gasteiger partial charge < -0.3 is 9.64 Å². The summed E-state index contributed by atoms with van der Waals surface area (Å²) in [5, 5.41) is 0. The van der Waals surface area contributed by atoms with Crippen molar-refractivity contribution in [1.29, 1.82) is 0 Å². The molecule has 0 N–H and O–H groups in total. The van der Waals surface area contributed by atoms with Gasteiger partial charge in [-0.3, -0.25) is 0 Å². The fourth-order valence-corrected chi connectivity index (χ4v) is 2.56. The molecule has 0 atom stereocenters. The molecule has 1 aromatic rings. The number of ether oxygens (including phenoxy) is 1. The quantitative estimate of drug-likeness (QED) is 0.806. The van der Waals surface area contributed by atoms with Crippen molar-refractivity contribution >= 4 is 5.69 Å². The Labute approximate surface area is 111 Å². The van der Waals surface area contributed by atoms with Crippen molar-refractivity contribution in [3.63, 3.8) is 0 Å². The minimum atomic E-state index is 0.308. The van der Waals surface area contributed by atoms with Gasteiger partial charge in [0.2, 0.25) is 0 Å². The highest BCUT2D eigenvalue weighted by molar-refractivity contribution is 5.50. The molecule has 1 fully saturated rings. The van der Waals surface area contributed by atoms with E-state index < -0.39 is 0 Å². The number of anilines is 1. The molecule has 0 amide bonds. The summed E-state index contributed by atoms with van der Waals surface area (Å²) in [6.07, 6.45) is 2.38. The van der Waals surface area contributed by atoms with E-state index in [1.54, 1.807) is 0 Å². The Morgan fingerprint density at radius 1 is 1.17 bits per heavy atom. The second kappa shape index (κ2) is 5.75. The van der Waals surface area contributed by atoms with Crippen LogP contribution in [0.5, 0.6) is 0 Å². The van der Waals surface area contributed by atoms with Gasteiger partial charge in [0.25, 0.3) is 0 Å². The summed E-state index contributed by atoms with van der Waals surface area (Å²) in [5.41, 5.74) is 3.13. The van der Waals surface area contributed by atoms with Crippen molar-refractivity contribution in [2.24, 2.45) is 0 Å². The molecule has 100 valence electrons. The average Bonchev–Trinajstić information content (AvgIpc) is 2.47. The van der Waals surface area contributed by atoms with Crippen LogP contribution in [-0.4, -0.2) is 26.3 Å². The van der Waals surface area contributed by atoms with E-state index in [-0.39, 0.29) is 0 Å². The SMILES string of the molecule is CCC(C)(CC)c1cccc(N2CCOCC2)c1. The van der Waals surface area contributed by atoms with Crippen molar-refractivity contribution in [3.05, 3.63) is 29.8 Å². The minimum absolute atomic E-state index is 0.308. The van der Waals surface area contributed by atoms with E-state index in [4.69, 9.17) is 4.74 Å². The third-order valence-corrected chi connectivity index (χ3v) is 4.48. The number of morpholine rings is 1. The lowest BCUT2D eigenvalue weighted by Crippen LogP contribution is -2.36. The third kappa shape index (κ3) is 2.69. The van der Waals surface area contributed by atoms with Gasteiger partial charge in [-0.25, -0.2) is 0 Å².